The normalized spacial score (nSPS) is 15.8. The molecule has 6 heteroatoms. The number of benzene rings is 3. The van der Waals surface area contributed by atoms with Gasteiger partial charge >= 0.3 is 0 Å². The number of carbonyl (C=O) groups is 1. The molecule has 0 saturated carbocycles. The van der Waals surface area contributed by atoms with Crippen LogP contribution in [0.4, 0.5) is 11.4 Å². The highest BCUT2D eigenvalue weighted by molar-refractivity contribution is 6.35. The Morgan fingerprint density at radius 3 is 2.32 bits per heavy atom. The van der Waals surface area contributed by atoms with Gasteiger partial charge in [0.05, 0.1) is 11.3 Å². The molecule has 34 heavy (non-hydrogen) atoms. The fourth-order valence-corrected chi connectivity index (χ4v) is 4.88. The highest BCUT2D eigenvalue weighted by Crippen LogP contribution is 2.33. The first-order chi connectivity index (χ1) is 16.5. The van der Waals surface area contributed by atoms with Crippen LogP contribution in [0.25, 0.3) is 22.0 Å². The third-order valence-corrected chi connectivity index (χ3v) is 6.80. The van der Waals surface area contributed by atoms with Crippen molar-refractivity contribution in [3.05, 3.63) is 89.6 Å². The molecule has 1 aliphatic heterocycles. The highest BCUT2D eigenvalue weighted by Gasteiger charge is 2.24. The first kappa shape index (κ1) is 22.4. The van der Waals surface area contributed by atoms with E-state index in [4.69, 9.17) is 11.6 Å². The van der Waals surface area contributed by atoms with Crippen molar-refractivity contribution in [2.45, 2.75) is 12.5 Å². The Morgan fingerprint density at radius 1 is 0.971 bits per heavy atom. The summed E-state index contributed by atoms with van der Waals surface area (Å²) in [7, 11) is 4.26. The van der Waals surface area contributed by atoms with Gasteiger partial charge in [-0.1, -0.05) is 66.2 Å². The molecule has 1 aliphatic rings. The van der Waals surface area contributed by atoms with E-state index in [2.05, 4.69) is 46.3 Å². The third kappa shape index (κ3) is 4.37. The number of pyridine rings is 1. The van der Waals surface area contributed by atoms with E-state index in [1.807, 2.05) is 66.7 Å². The number of anilines is 2. The molecule has 0 spiro atoms. The van der Waals surface area contributed by atoms with Gasteiger partial charge < -0.3 is 15.1 Å². The molecule has 1 aromatic heterocycles. The van der Waals surface area contributed by atoms with Gasteiger partial charge in [0, 0.05) is 41.5 Å². The lowest BCUT2D eigenvalue weighted by atomic mass is 10.0. The van der Waals surface area contributed by atoms with Gasteiger partial charge in [-0.25, -0.2) is 4.98 Å². The van der Waals surface area contributed by atoms with Crippen LogP contribution < -0.4 is 10.2 Å². The molecular formula is C28H27ClN4O. The van der Waals surface area contributed by atoms with Crippen molar-refractivity contribution in [1.82, 2.24) is 9.88 Å². The van der Waals surface area contributed by atoms with Crippen LogP contribution in [0.1, 0.15) is 16.8 Å². The van der Waals surface area contributed by atoms with E-state index in [9.17, 15) is 4.79 Å². The smallest absolute Gasteiger partial charge is 0.259 e. The molecule has 1 amide bonds. The number of rotatable bonds is 5. The maximum absolute atomic E-state index is 13.3. The van der Waals surface area contributed by atoms with Crippen molar-refractivity contribution in [3.8, 4) is 11.3 Å². The molecule has 172 valence electrons. The van der Waals surface area contributed by atoms with Crippen molar-refractivity contribution in [3.63, 3.8) is 0 Å². The summed E-state index contributed by atoms with van der Waals surface area (Å²) in [6, 6.07) is 26.2. The number of amides is 1. The summed E-state index contributed by atoms with van der Waals surface area (Å²) >= 11 is 6.59. The Labute approximate surface area is 205 Å². The number of nitrogens with one attached hydrogen (secondary N) is 1. The van der Waals surface area contributed by atoms with E-state index < -0.39 is 0 Å². The maximum atomic E-state index is 13.3. The summed E-state index contributed by atoms with van der Waals surface area (Å²) in [5, 5.41) is 4.87. The molecule has 1 N–H and O–H groups in total. The van der Waals surface area contributed by atoms with Crippen LogP contribution in [0.5, 0.6) is 0 Å². The molecule has 4 aromatic rings. The number of hydrogen-bond acceptors (Lipinski definition) is 4. The van der Waals surface area contributed by atoms with E-state index >= 15 is 0 Å². The van der Waals surface area contributed by atoms with Gasteiger partial charge in [-0.3, -0.25) is 4.79 Å². The van der Waals surface area contributed by atoms with Crippen LogP contribution >= 0.6 is 11.6 Å². The van der Waals surface area contributed by atoms with E-state index in [0.29, 0.717) is 11.6 Å². The fourth-order valence-electron chi connectivity index (χ4n) is 4.61. The predicted octanol–water partition coefficient (Wildman–Crippen LogP) is 5.95. The average molecular weight is 471 g/mol. The average Bonchev–Trinajstić information content (AvgIpc) is 3.35. The van der Waals surface area contributed by atoms with Crippen LogP contribution in [0.2, 0.25) is 5.15 Å². The second-order valence-corrected chi connectivity index (χ2v) is 9.25. The van der Waals surface area contributed by atoms with Crippen molar-refractivity contribution in [2.75, 3.05) is 37.4 Å². The quantitative estimate of drug-likeness (QED) is 0.366. The van der Waals surface area contributed by atoms with E-state index in [-0.39, 0.29) is 11.1 Å². The molecule has 3 aromatic carbocycles. The summed E-state index contributed by atoms with van der Waals surface area (Å²) in [5.41, 5.74) is 4.00. The minimum Gasteiger partial charge on any atom is -0.370 e. The van der Waals surface area contributed by atoms with Crippen LogP contribution in [-0.4, -0.2) is 49.0 Å². The summed E-state index contributed by atoms with van der Waals surface area (Å²) in [5.74, 6) is -0.269. The molecule has 1 saturated heterocycles. The number of halogens is 1. The van der Waals surface area contributed by atoms with Gasteiger partial charge in [-0.15, -0.1) is 0 Å². The van der Waals surface area contributed by atoms with E-state index in [0.717, 1.165) is 47.2 Å². The Hall–Kier alpha value is -3.41. The zero-order valence-electron chi connectivity index (χ0n) is 19.3. The summed E-state index contributed by atoms with van der Waals surface area (Å²) in [6.45, 7) is 2.05. The Bertz CT molecular complexity index is 1320. The Morgan fingerprint density at radius 2 is 1.65 bits per heavy atom. The number of hydrogen-bond donors (Lipinski definition) is 1. The largest absolute Gasteiger partial charge is 0.370 e. The monoisotopic (exact) mass is 470 g/mol. The zero-order chi connectivity index (χ0) is 23.7. The fraction of sp³-hybridized carbons (Fsp3) is 0.214. The summed E-state index contributed by atoms with van der Waals surface area (Å²) < 4.78 is 0. The minimum absolute atomic E-state index is 0.193. The molecule has 1 atom stereocenters. The lowest BCUT2D eigenvalue weighted by Gasteiger charge is -2.22. The molecular weight excluding hydrogens is 444 g/mol. The number of fused-ring (bicyclic) bond motifs is 1. The van der Waals surface area contributed by atoms with Crippen molar-refractivity contribution >= 4 is 39.7 Å². The van der Waals surface area contributed by atoms with Crippen LogP contribution in [-0.2, 0) is 0 Å². The lowest BCUT2D eigenvalue weighted by molar-refractivity contribution is 0.102. The van der Waals surface area contributed by atoms with Crippen LogP contribution in [0.3, 0.4) is 0 Å². The SMILES string of the molecule is CN(C)C1CCN(c2ccc(NC(=O)c3c(Cl)nc(-c4ccccc4)c4ccccc34)cc2)C1. The molecule has 1 unspecified atom stereocenters. The van der Waals surface area contributed by atoms with Gasteiger partial charge in [-0.2, -0.15) is 0 Å². The first-order valence-corrected chi connectivity index (χ1v) is 11.9. The predicted molar refractivity (Wildman–Crippen MR) is 141 cm³/mol. The molecule has 5 rings (SSSR count). The highest BCUT2D eigenvalue weighted by atomic mass is 35.5. The lowest BCUT2D eigenvalue weighted by Crippen LogP contribution is -2.31. The van der Waals surface area contributed by atoms with Crippen molar-refractivity contribution in [2.24, 2.45) is 0 Å². The topological polar surface area (TPSA) is 48.5 Å². The summed E-state index contributed by atoms with van der Waals surface area (Å²) in [6.07, 6.45) is 1.16. The third-order valence-electron chi connectivity index (χ3n) is 6.53. The second-order valence-electron chi connectivity index (χ2n) is 8.89. The number of carbonyl (C=O) groups excluding carboxylic acids is 1. The number of nitrogens with zero attached hydrogens (tertiary/aromatic N) is 3. The van der Waals surface area contributed by atoms with Crippen molar-refractivity contribution < 1.29 is 4.79 Å². The molecule has 0 aliphatic carbocycles. The standard InChI is InChI=1S/C28H27ClN4O/c1-32(2)22-16-17-33(18-22)21-14-12-20(13-15-21)30-28(34)25-23-10-6-7-11-24(23)26(31-27(25)29)19-8-4-3-5-9-19/h3-15,22H,16-18H2,1-2H3,(H,30,34). The van der Waals surface area contributed by atoms with Gasteiger partial charge in [0.1, 0.15) is 5.15 Å². The van der Waals surface area contributed by atoms with Crippen LogP contribution in [0.15, 0.2) is 78.9 Å². The van der Waals surface area contributed by atoms with Gasteiger partial charge in [0.15, 0.2) is 0 Å². The summed E-state index contributed by atoms with van der Waals surface area (Å²) in [4.78, 5) is 22.6. The second kappa shape index (κ2) is 9.45. The number of likely N-dealkylation sites (N-methyl/N-ethyl adjacent to an activating group) is 1. The van der Waals surface area contributed by atoms with Gasteiger partial charge in [0.2, 0.25) is 0 Å². The Balaban J connectivity index is 1.41. The van der Waals surface area contributed by atoms with Gasteiger partial charge in [0.25, 0.3) is 5.91 Å². The van der Waals surface area contributed by atoms with E-state index in [1.165, 1.54) is 5.69 Å². The molecule has 0 bridgehead atoms. The van der Waals surface area contributed by atoms with Crippen molar-refractivity contribution in [1.29, 1.82) is 0 Å². The minimum atomic E-state index is -0.269. The van der Waals surface area contributed by atoms with E-state index in [1.54, 1.807) is 0 Å². The molecule has 0 radical (unpaired) electrons. The first-order valence-electron chi connectivity index (χ1n) is 11.5. The molecule has 5 nitrogen and oxygen atoms in total. The Kier molecular flexibility index (Phi) is 6.22. The van der Waals surface area contributed by atoms with Gasteiger partial charge in [-0.05, 0) is 50.2 Å². The number of aromatic nitrogens is 1. The molecule has 1 fully saturated rings. The maximum Gasteiger partial charge on any atom is 0.259 e. The molecule has 2 heterocycles. The zero-order valence-corrected chi connectivity index (χ0v) is 20.1. The van der Waals surface area contributed by atoms with Crippen LogP contribution in [0, 0.1) is 0 Å².